The first-order valence-corrected chi connectivity index (χ1v) is 13.0. The van der Waals surface area contributed by atoms with E-state index in [-0.39, 0.29) is 12.3 Å². The summed E-state index contributed by atoms with van der Waals surface area (Å²) in [4.78, 5) is 33.6. The van der Waals surface area contributed by atoms with E-state index in [1.807, 2.05) is 42.5 Å². The molecule has 0 radical (unpaired) electrons. The Balaban J connectivity index is 1.64. The van der Waals surface area contributed by atoms with E-state index >= 15 is 0 Å². The summed E-state index contributed by atoms with van der Waals surface area (Å²) in [6.45, 7) is 2.80. The van der Waals surface area contributed by atoms with E-state index in [9.17, 15) is 9.59 Å². The molecular weight excluding hydrogens is 500 g/mol. The lowest BCUT2D eigenvalue weighted by molar-refractivity contribution is -0.137. The molecule has 1 amide bonds. The number of halogens is 1. The second-order valence-electron chi connectivity index (χ2n) is 9.95. The second kappa shape index (κ2) is 12.3. The molecule has 0 aromatic heterocycles. The summed E-state index contributed by atoms with van der Waals surface area (Å²) in [6, 6.07) is 21.1. The highest BCUT2D eigenvalue weighted by Crippen LogP contribution is 2.37. The van der Waals surface area contributed by atoms with Crippen LogP contribution in [0.4, 0.5) is 11.4 Å². The summed E-state index contributed by atoms with van der Waals surface area (Å²) in [6.07, 6.45) is 0.508. The molecule has 3 aromatic carbocycles. The van der Waals surface area contributed by atoms with Gasteiger partial charge in [-0.2, -0.15) is 0 Å². The minimum atomic E-state index is -0.832. The maximum atomic E-state index is 13.2. The molecule has 0 saturated carbocycles. The van der Waals surface area contributed by atoms with E-state index in [1.54, 1.807) is 12.1 Å². The number of aryl methyl sites for hydroxylation is 1. The van der Waals surface area contributed by atoms with Crippen LogP contribution in [0.15, 0.2) is 71.7 Å². The standard InChI is InChI=1S/C30H33ClN4O3/c1-34(2)16-17-35(3)19-21-6-12-24(13-7-21)32-29(22-9-4-20(5-10-22)8-15-27(36)37)28-25-14-11-23(31)18-26(25)33-30(28)38/h4-7,9-14,18,28H,8,15-17,19H2,1-3H3,(H,33,38)(H,36,37). The number of nitrogens with zero attached hydrogens (tertiary/aromatic N) is 3. The summed E-state index contributed by atoms with van der Waals surface area (Å²) in [7, 11) is 6.25. The number of carbonyl (C=O) groups is 2. The fourth-order valence-corrected chi connectivity index (χ4v) is 4.64. The molecule has 1 aliphatic heterocycles. The third-order valence-corrected chi connectivity index (χ3v) is 6.80. The summed E-state index contributed by atoms with van der Waals surface area (Å²) >= 11 is 6.17. The van der Waals surface area contributed by atoms with Crippen molar-refractivity contribution in [1.82, 2.24) is 9.80 Å². The van der Waals surface area contributed by atoms with Crippen molar-refractivity contribution in [2.75, 3.05) is 39.5 Å². The number of aliphatic imine (C=N–C) groups is 1. The zero-order valence-corrected chi connectivity index (χ0v) is 22.7. The summed E-state index contributed by atoms with van der Waals surface area (Å²) in [5.41, 5.74) is 5.81. The Bertz CT molecular complexity index is 1320. The topological polar surface area (TPSA) is 85.2 Å². The van der Waals surface area contributed by atoms with Gasteiger partial charge in [0.15, 0.2) is 0 Å². The summed E-state index contributed by atoms with van der Waals surface area (Å²) < 4.78 is 0. The van der Waals surface area contributed by atoms with Crippen molar-refractivity contribution >= 4 is 40.6 Å². The van der Waals surface area contributed by atoms with E-state index in [4.69, 9.17) is 21.7 Å². The first-order chi connectivity index (χ1) is 18.2. The van der Waals surface area contributed by atoms with Gasteiger partial charge in [-0.25, -0.2) is 0 Å². The molecule has 0 fully saturated rings. The largest absolute Gasteiger partial charge is 0.481 e. The molecule has 1 heterocycles. The van der Waals surface area contributed by atoms with Crippen molar-refractivity contribution < 1.29 is 14.7 Å². The molecule has 0 bridgehead atoms. The first-order valence-electron chi connectivity index (χ1n) is 12.6. The molecular formula is C30H33ClN4O3. The molecule has 2 N–H and O–H groups in total. The van der Waals surface area contributed by atoms with Gasteiger partial charge in [-0.05, 0) is 74.1 Å². The lowest BCUT2D eigenvalue weighted by Gasteiger charge is -2.19. The lowest BCUT2D eigenvalue weighted by Crippen LogP contribution is -2.28. The van der Waals surface area contributed by atoms with Gasteiger partial charge in [0.2, 0.25) is 5.91 Å². The maximum absolute atomic E-state index is 13.2. The monoisotopic (exact) mass is 532 g/mol. The number of anilines is 1. The van der Waals surface area contributed by atoms with Crippen molar-refractivity contribution in [3.8, 4) is 0 Å². The van der Waals surface area contributed by atoms with Crippen LogP contribution in [-0.4, -0.2) is 66.7 Å². The van der Waals surface area contributed by atoms with Gasteiger partial charge < -0.3 is 20.2 Å². The Morgan fingerprint density at radius 1 is 0.974 bits per heavy atom. The van der Waals surface area contributed by atoms with Crippen LogP contribution in [0.3, 0.4) is 0 Å². The third kappa shape index (κ3) is 7.07. The average Bonchev–Trinajstić information content (AvgIpc) is 3.20. The Kier molecular flexibility index (Phi) is 8.94. The fraction of sp³-hybridized carbons (Fsp3) is 0.300. The van der Waals surface area contributed by atoms with Gasteiger partial charge in [0.25, 0.3) is 0 Å². The molecule has 198 valence electrons. The van der Waals surface area contributed by atoms with Crippen LogP contribution in [0.25, 0.3) is 0 Å². The van der Waals surface area contributed by atoms with Crippen molar-refractivity contribution in [2.45, 2.75) is 25.3 Å². The highest BCUT2D eigenvalue weighted by molar-refractivity contribution is 6.31. The number of carbonyl (C=O) groups excluding carboxylic acids is 1. The number of nitrogens with one attached hydrogen (secondary N) is 1. The van der Waals surface area contributed by atoms with Crippen LogP contribution in [0.1, 0.15) is 34.6 Å². The summed E-state index contributed by atoms with van der Waals surface area (Å²) in [5, 5.41) is 12.5. The van der Waals surface area contributed by atoms with Gasteiger partial charge in [0.1, 0.15) is 5.92 Å². The number of aliphatic carboxylic acids is 1. The molecule has 8 heteroatoms. The highest BCUT2D eigenvalue weighted by Gasteiger charge is 2.35. The highest BCUT2D eigenvalue weighted by atomic mass is 35.5. The van der Waals surface area contributed by atoms with E-state index in [0.717, 1.165) is 42.0 Å². The molecule has 1 unspecified atom stereocenters. The van der Waals surface area contributed by atoms with Crippen LogP contribution < -0.4 is 5.32 Å². The van der Waals surface area contributed by atoms with Crippen LogP contribution in [0.5, 0.6) is 0 Å². The summed E-state index contributed by atoms with van der Waals surface area (Å²) in [5.74, 6) is -1.58. The molecule has 0 aliphatic carbocycles. The lowest BCUT2D eigenvalue weighted by atomic mass is 9.90. The van der Waals surface area contributed by atoms with Gasteiger partial charge in [0, 0.05) is 36.8 Å². The quantitative estimate of drug-likeness (QED) is 0.331. The average molecular weight is 533 g/mol. The van der Waals surface area contributed by atoms with E-state index in [0.29, 0.717) is 22.8 Å². The number of carboxylic acid groups (broad SMARTS) is 1. The van der Waals surface area contributed by atoms with E-state index in [2.05, 4.69) is 48.4 Å². The maximum Gasteiger partial charge on any atom is 0.303 e. The molecule has 3 aromatic rings. The van der Waals surface area contributed by atoms with Crippen LogP contribution >= 0.6 is 11.6 Å². The number of hydrogen-bond donors (Lipinski definition) is 2. The zero-order chi connectivity index (χ0) is 27.2. The SMILES string of the molecule is CN(C)CCN(C)Cc1ccc(N=C(c2ccc(CCC(=O)O)cc2)C2C(=O)Nc3cc(Cl)ccc32)cc1. The van der Waals surface area contributed by atoms with Crippen LogP contribution in [-0.2, 0) is 22.6 Å². The number of rotatable bonds is 11. The van der Waals surface area contributed by atoms with Gasteiger partial charge >= 0.3 is 5.97 Å². The predicted molar refractivity (Wildman–Crippen MR) is 153 cm³/mol. The number of likely N-dealkylation sites (N-methyl/N-ethyl adjacent to an activating group) is 2. The zero-order valence-electron chi connectivity index (χ0n) is 21.9. The molecule has 7 nitrogen and oxygen atoms in total. The number of carboxylic acids is 1. The molecule has 1 aliphatic rings. The number of hydrogen-bond acceptors (Lipinski definition) is 5. The van der Waals surface area contributed by atoms with Gasteiger partial charge in [-0.3, -0.25) is 14.6 Å². The smallest absolute Gasteiger partial charge is 0.303 e. The number of benzene rings is 3. The minimum absolute atomic E-state index is 0.0656. The van der Waals surface area contributed by atoms with Crippen LogP contribution in [0.2, 0.25) is 5.02 Å². The minimum Gasteiger partial charge on any atom is -0.481 e. The van der Waals surface area contributed by atoms with Gasteiger partial charge in [-0.1, -0.05) is 54.1 Å². The van der Waals surface area contributed by atoms with Crippen molar-refractivity contribution in [2.24, 2.45) is 4.99 Å². The molecule has 38 heavy (non-hydrogen) atoms. The predicted octanol–water partition coefficient (Wildman–Crippen LogP) is 5.21. The van der Waals surface area contributed by atoms with Gasteiger partial charge in [0.05, 0.1) is 11.4 Å². The fourth-order valence-electron chi connectivity index (χ4n) is 4.47. The normalized spacial score (nSPS) is 15.2. The van der Waals surface area contributed by atoms with Crippen molar-refractivity contribution in [3.05, 3.63) is 94.0 Å². The molecule has 0 saturated heterocycles. The first kappa shape index (κ1) is 27.5. The van der Waals surface area contributed by atoms with Crippen molar-refractivity contribution in [3.63, 3.8) is 0 Å². The Hall–Kier alpha value is -3.52. The molecule has 4 rings (SSSR count). The van der Waals surface area contributed by atoms with E-state index < -0.39 is 11.9 Å². The van der Waals surface area contributed by atoms with Crippen LogP contribution in [0, 0.1) is 0 Å². The third-order valence-electron chi connectivity index (χ3n) is 6.56. The second-order valence-corrected chi connectivity index (χ2v) is 10.4. The molecule has 1 atom stereocenters. The van der Waals surface area contributed by atoms with Gasteiger partial charge in [-0.15, -0.1) is 0 Å². The molecule has 0 spiro atoms. The van der Waals surface area contributed by atoms with Crippen molar-refractivity contribution in [1.29, 1.82) is 0 Å². The number of amides is 1. The van der Waals surface area contributed by atoms with E-state index in [1.165, 1.54) is 5.56 Å². The number of fused-ring (bicyclic) bond motifs is 1. The Labute approximate surface area is 228 Å². The Morgan fingerprint density at radius 2 is 1.66 bits per heavy atom. The Morgan fingerprint density at radius 3 is 2.32 bits per heavy atom.